The van der Waals surface area contributed by atoms with E-state index in [0.717, 1.165) is 5.56 Å². The van der Waals surface area contributed by atoms with Crippen LogP contribution in [0.3, 0.4) is 0 Å². The van der Waals surface area contributed by atoms with E-state index in [2.05, 4.69) is 5.32 Å². The van der Waals surface area contributed by atoms with Gasteiger partial charge in [0.1, 0.15) is 5.82 Å². The van der Waals surface area contributed by atoms with Crippen molar-refractivity contribution in [2.45, 2.75) is 6.92 Å². The maximum absolute atomic E-state index is 13.6. The molecule has 0 saturated carbocycles. The molecule has 0 fully saturated rings. The molecule has 2 rings (SSSR count). The molecule has 0 aliphatic rings. The lowest BCUT2D eigenvalue weighted by Gasteiger charge is -2.09. The number of hydrogen-bond acceptors (Lipinski definition) is 4. The monoisotopic (exact) mass is 336 g/mol. The number of benzene rings is 2. The molecule has 3 N–H and O–H groups in total. The Hall–Kier alpha value is -2.60. The van der Waals surface area contributed by atoms with Gasteiger partial charge in [0.25, 0.3) is 5.91 Å². The van der Waals surface area contributed by atoms with Crippen molar-refractivity contribution in [3.8, 4) is 0 Å². The van der Waals surface area contributed by atoms with E-state index in [1.54, 1.807) is 13.0 Å². The molecule has 1 amide bonds. The van der Waals surface area contributed by atoms with Crippen molar-refractivity contribution in [2.24, 2.45) is 0 Å². The van der Waals surface area contributed by atoms with Crippen molar-refractivity contribution in [1.29, 1.82) is 0 Å². The maximum Gasteiger partial charge on any atom is 0.340 e. The standard InChI is InChI=1S/C16H14ClFN2O3/c1-9-2-5-14(12(18)6-9)20-15(21)8-23-16(22)11-4-3-10(17)7-13(11)19/h2-7H,8,19H2,1H3,(H,20,21). The summed E-state index contributed by atoms with van der Waals surface area (Å²) in [5.41, 5.74) is 6.64. The highest BCUT2D eigenvalue weighted by atomic mass is 35.5. The zero-order valence-corrected chi connectivity index (χ0v) is 13.0. The Kier molecular flexibility index (Phi) is 5.18. The van der Waals surface area contributed by atoms with Crippen LogP contribution in [0.4, 0.5) is 15.8 Å². The highest BCUT2D eigenvalue weighted by molar-refractivity contribution is 6.31. The number of ether oxygens (including phenoxy) is 1. The second-order valence-corrected chi connectivity index (χ2v) is 5.28. The number of nitrogens with one attached hydrogen (secondary N) is 1. The van der Waals surface area contributed by atoms with E-state index in [1.165, 1.54) is 30.3 Å². The summed E-state index contributed by atoms with van der Waals surface area (Å²) in [5, 5.41) is 2.71. The van der Waals surface area contributed by atoms with Crippen LogP contribution in [0.2, 0.25) is 5.02 Å². The number of nitrogens with two attached hydrogens (primary N) is 1. The van der Waals surface area contributed by atoms with Crippen molar-refractivity contribution in [3.63, 3.8) is 0 Å². The number of nitrogen functional groups attached to an aromatic ring is 1. The number of esters is 1. The number of rotatable bonds is 4. The first-order valence-electron chi connectivity index (χ1n) is 6.65. The summed E-state index contributed by atoms with van der Waals surface area (Å²) in [6.07, 6.45) is 0. The first kappa shape index (κ1) is 16.8. The van der Waals surface area contributed by atoms with Crippen LogP contribution in [0.1, 0.15) is 15.9 Å². The highest BCUT2D eigenvalue weighted by Crippen LogP contribution is 2.19. The first-order valence-corrected chi connectivity index (χ1v) is 7.03. The van der Waals surface area contributed by atoms with Gasteiger partial charge in [-0.05, 0) is 42.8 Å². The van der Waals surface area contributed by atoms with Crippen LogP contribution < -0.4 is 11.1 Å². The van der Waals surface area contributed by atoms with Gasteiger partial charge < -0.3 is 15.8 Å². The number of carbonyl (C=O) groups excluding carboxylic acids is 2. The molecule has 5 nitrogen and oxygen atoms in total. The van der Waals surface area contributed by atoms with Gasteiger partial charge in [0.05, 0.1) is 11.3 Å². The van der Waals surface area contributed by atoms with E-state index in [0.29, 0.717) is 5.02 Å². The molecule has 120 valence electrons. The molecule has 2 aromatic carbocycles. The van der Waals surface area contributed by atoms with Crippen LogP contribution in [0.25, 0.3) is 0 Å². The van der Waals surface area contributed by atoms with Gasteiger partial charge in [0.15, 0.2) is 6.61 Å². The molecule has 23 heavy (non-hydrogen) atoms. The van der Waals surface area contributed by atoms with Gasteiger partial charge in [-0.2, -0.15) is 0 Å². The second kappa shape index (κ2) is 7.11. The fourth-order valence-electron chi connectivity index (χ4n) is 1.84. The van der Waals surface area contributed by atoms with E-state index in [1.807, 2.05) is 0 Å². The van der Waals surface area contributed by atoms with E-state index in [-0.39, 0.29) is 16.9 Å². The van der Waals surface area contributed by atoms with Gasteiger partial charge in [-0.1, -0.05) is 17.7 Å². The Morgan fingerprint density at radius 2 is 2.00 bits per heavy atom. The summed E-state index contributed by atoms with van der Waals surface area (Å²) in [4.78, 5) is 23.6. The molecular weight excluding hydrogens is 323 g/mol. The Morgan fingerprint density at radius 3 is 2.65 bits per heavy atom. The maximum atomic E-state index is 13.6. The Bertz CT molecular complexity index is 765. The average Bonchev–Trinajstić information content (AvgIpc) is 2.48. The summed E-state index contributed by atoms with van der Waals surface area (Å²) < 4.78 is 18.5. The lowest BCUT2D eigenvalue weighted by Crippen LogP contribution is -2.21. The number of anilines is 2. The molecule has 0 unspecified atom stereocenters. The number of carbonyl (C=O) groups is 2. The van der Waals surface area contributed by atoms with Crippen molar-refractivity contribution in [3.05, 3.63) is 58.4 Å². The van der Waals surface area contributed by atoms with Crippen LogP contribution in [0.15, 0.2) is 36.4 Å². The highest BCUT2D eigenvalue weighted by Gasteiger charge is 2.14. The number of amides is 1. The molecule has 2 aromatic rings. The third-order valence-corrected chi connectivity index (χ3v) is 3.20. The molecule has 0 radical (unpaired) electrons. The zero-order chi connectivity index (χ0) is 17.0. The largest absolute Gasteiger partial charge is 0.452 e. The predicted molar refractivity (Wildman–Crippen MR) is 85.9 cm³/mol. The number of halogens is 2. The molecular formula is C16H14ClFN2O3. The van der Waals surface area contributed by atoms with Crippen molar-refractivity contribution in [1.82, 2.24) is 0 Å². The van der Waals surface area contributed by atoms with Crippen LogP contribution in [-0.4, -0.2) is 18.5 Å². The molecule has 0 heterocycles. The summed E-state index contributed by atoms with van der Waals surface area (Å²) in [5.74, 6) is -1.99. The molecule has 0 atom stereocenters. The van der Waals surface area contributed by atoms with E-state index >= 15 is 0 Å². The number of aryl methyl sites for hydroxylation is 1. The van der Waals surface area contributed by atoms with Gasteiger partial charge in [0, 0.05) is 10.7 Å². The van der Waals surface area contributed by atoms with Crippen LogP contribution >= 0.6 is 11.6 Å². The SMILES string of the molecule is Cc1ccc(NC(=O)COC(=O)c2ccc(Cl)cc2N)c(F)c1. The number of hydrogen-bond donors (Lipinski definition) is 2. The van der Waals surface area contributed by atoms with Crippen molar-refractivity contribution >= 4 is 34.9 Å². The van der Waals surface area contributed by atoms with Gasteiger partial charge >= 0.3 is 5.97 Å². The summed E-state index contributed by atoms with van der Waals surface area (Å²) in [7, 11) is 0. The normalized spacial score (nSPS) is 10.2. The lowest BCUT2D eigenvalue weighted by molar-refractivity contribution is -0.119. The molecule has 7 heteroatoms. The van der Waals surface area contributed by atoms with Crippen LogP contribution in [0, 0.1) is 12.7 Å². The van der Waals surface area contributed by atoms with Gasteiger partial charge in [-0.25, -0.2) is 9.18 Å². The molecule has 0 aromatic heterocycles. The first-order chi connectivity index (χ1) is 10.9. The average molecular weight is 337 g/mol. The summed E-state index contributed by atoms with van der Waals surface area (Å²) in [6, 6.07) is 8.66. The third kappa shape index (κ3) is 4.43. The minimum absolute atomic E-state index is 0.0163. The van der Waals surface area contributed by atoms with Crippen molar-refractivity contribution in [2.75, 3.05) is 17.7 Å². The summed E-state index contributed by atoms with van der Waals surface area (Å²) in [6.45, 7) is 1.17. The minimum atomic E-state index is -0.765. The smallest absolute Gasteiger partial charge is 0.340 e. The summed E-state index contributed by atoms with van der Waals surface area (Å²) >= 11 is 5.73. The third-order valence-electron chi connectivity index (χ3n) is 2.97. The van der Waals surface area contributed by atoms with Gasteiger partial charge in [0.2, 0.25) is 0 Å². The van der Waals surface area contributed by atoms with Crippen LogP contribution in [0.5, 0.6) is 0 Å². The quantitative estimate of drug-likeness (QED) is 0.663. The van der Waals surface area contributed by atoms with E-state index < -0.39 is 24.3 Å². The Labute approximate surface area is 137 Å². The van der Waals surface area contributed by atoms with Crippen LogP contribution in [-0.2, 0) is 9.53 Å². The molecule has 0 saturated heterocycles. The molecule has 0 bridgehead atoms. The fourth-order valence-corrected chi connectivity index (χ4v) is 2.02. The minimum Gasteiger partial charge on any atom is -0.452 e. The Morgan fingerprint density at radius 1 is 1.26 bits per heavy atom. The van der Waals surface area contributed by atoms with E-state index in [9.17, 15) is 14.0 Å². The topological polar surface area (TPSA) is 81.4 Å². The lowest BCUT2D eigenvalue weighted by atomic mass is 10.2. The van der Waals surface area contributed by atoms with Gasteiger partial charge in [-0.3, -0.25) is 4.79 Å². The van der Waals surface area contributed by atoms with E-state index in [4.69, 9.17) is 22.1 Å². The molecule has 0 aliphatic carbocycles. The molecule has 0 aliphatic heterocycles. The molecule has 0 spiro atoms. The fraction of sp³-hybridized carbons (Fsp3) is 0.125. The predicted octanol–water partition coefficient (Wildman–Crippen LogP) is 3.17. The second-order valence-electron chi connectivity index (χ2n) is 4.84. The van der Waals surface area contributed by atoms with Crippen molar-refractivity contribution < 1.29 is 18.7 Å². The Balaban J connectivity index is 1.94. The van der Waals surface area contributed by atoms with Gasteiger partial charge in [-0.15, -0.1) is 0 Å². The zero-order valence-electron chi connectivity index (χ0n) is 12.2.